The van der Waals surface area contributed by atoms with Gasteiger partial charge in [0.2, 0.25) is 5.91 Å². The van der Waals surface area contributed by atoms with Crippen molar-refractivity contribution in [1.82, 2.24) is 9.78 Å². The van der Waals surface area contributed by atoms with E-state index < -0.39 is 5.97 Å². The highest BCUT2D eigenvalue weighted by molar-refractivity contribution is 5.89. The molecule has 1 fully saturated rings. The summed E-state index contributed by atoms with van der Waals surface area (Å²) in [6.45, 7) is -0.196. The Labute approximate surface area is 111 Å². The van der Waals surface area contributed by atoms with Crippen LogP contribution in [0.1, 0.15) is 38.5 Å². The van der Waals surface area contributed by atoms with Crippen molar-refractivity contribution >= 4 is 17.7 Å². The zero-order valence-corrected chi connectivity index (χ0v) is 10.8. The maximum atomic E-state index is 11.8. The van der Waals surface area contributed by atoms with E-state index in [1.807, 2.05) is 0 Å². The first-order chi connectivity index (χ1) is 9.13. The Morgan fingerprint density at radius 1 is 1.37 bits per heavy atom. The maximum Gasteiger partial charge on any atom is 0.325 e. The maximum absolute atomic E-state index is 11.8. The first-order valence-corrected chi connectivity index (χ1v) is 6.68. The largest absolute Gasteiger partial charge is 0.480 e. The molecular weight excluding hydrogens is 246 g/mol. The molecule has 1 aliphatic carbocycles. The Balaban J connectivity index is 1.81. The molecular formula is C13H19N3O3. The number of hydrogen-bond acceptors (Lipinski definition) is 3. The number of aliphatic carboxylic acids is 1. The van der Waals surface area contributed by atoms with Gasteiger partial charge in [0.15, 0.2) is 5.82 Å². The lowest BCUT2D eigenvalue weighted by Crippen LogP contribution is -2.19. The van der Waals surface area contributed by atoms with Gasteiger partial charge in [-0.2, -0.15) is 5.10 Å². The minimum absolute atomic E-state index is 0.0347. The van der Waals surface area contributed by atoms with Gasteiger partial charge in [0.1, 0.15) is 6.54 Å². The fourth-order valence-electron chi connectivity index (χ4n) is 2.50. The van der Waals surface area contributed by atoms with Crippen molar-refractivity contribution in [1.29, 1.82) is 0 Å². The number of rotatable bonds is 5. The Morgan fingerprint density at radius 3 is 2.79 bits per heavy atom. The second kappa shape index (κ2) is 6.36. The van der Waals surface area contributed by atoms with Gasteiger partial charge < -0.3 is 10.4 Å². The van der Waals surface area contributed by atoms with Gasteiger partial charge in [-0.3, -0.25) is 14.3 Å². The van der Waals surface area contributed by atoms with Crippen molar-refractivity contribution < 1.29 is 14.7 Å². The molecule has 0 bridgehead atoms. The number of aromatic nitrogens is 2. The van der Waals surface area contributed by atoms with Crippen molar-refractivity contribution in [3.05, 3.63) is 12.3 Å². The highest BCUT2D eigenvalue weighted by Crippen LogP contribution is 2.26. The normalized spacial score (nSPS) is 16.2. The Hall–Kier alpha value is -1.85. The van der Waals surface area contributed by atoms with Crippen LogP contribution in [0, 0.1) is 5.92 Å². The quantitative estimate of drug-likeness (QED) is 0.851. The lowest BCUT2D eigenvalue weighted by Gasteiger charge is -2.20. The molecule has 6 nitrogen and oxygen atoms in total. The molecule has 0 unspecified atom stereocenters. The summed E-state index contributed by atoms with van der Waals surface area (Å²) in [5, 5.41) is 15.3. The number of anilines is 1. The molecule has 0 aromatic carbocycles. The number of carboxylic acid groups (broad SMARTS) is 1. The van der Waals surface area contributed by atoms with Crippen LogP contribution < -0.4 is 5.32 Å². The number of carboxylic acids is 1. The SMILES string of the molecule is O=C(O)Cn1ccc(NC(=O)CC2CCCCC2)n1. The predicted molar refractivity (Wildman–Crippen MR) is 69.7 cm³/mol. The van der Waals surface area contributed by atoms with Crippen LogP contribution in [0.2, 0.25) is 0 Å². The average Bonchev–Trinajstić information content (AvgIpc) is 2.76. The number of carbonyl (C=O) groups is 2. The van der Waals surface area contributed by atoms with E-state index in [2.05, 4.69) is 10.4 Å². The van der Waals surface area contributed by atoms with Gasteiger partial charge in [0.25, 0.3) is 0 Å². The second-order valence-corrected chi connectivity index (χ2v) is 5.05. The molecule has 1 aromatic rings. The van der Waals surface area contributed by atoms with Gasteiger partial charge in [0.05, 0.1) is 0 Å². The highest BCUT2D eigenvalue weighted by Gasteiger charge is 2.17. The Kier molecular flexibility index (Phi) is 4.54. The molecule has 19 heavy (non-hydrogen) atoms. The molecule has 1 saturated carbocycles. The molecule has 2 rings (SSSR count). The van der Waals surface area contributed by atoms with E-state index in [0.717, 1.165) is 12.8 Å². The Bertz CT molecular complexity index is 450. The number of carbonyl (C=O) groups excluding carboxylic acids is 1. The molecule has 104 valence electrons. The molecule has 2 N–H and O–H groups in total. The summed E-state index contributed by atoms with van der Waals surface area (Å²) >= 11 is 0. The van der Waals surface area contributed by atoms with Crippen LogP contribution in [0.5, 0.6) is 0 Å². The predicted octanol–water partition coefficient (Wildman–Crippen LogP) is 1.88. The minimum Gasteiger partial charge on any atom is -0.480 e. The van der Waals surface area contributed by atoms with Crippen LogP contribution in [0.15, 0.2) is 12.3 Å². The molecule has 1 aromatic heterocycles. The van der Waals surface area contributed by atoms with Gasteiger partial charge in [0, 0.05) is 18.7 Å². The van der Waals surface area contributed by atoms with Crippen LogP contribution in [0.25, 0.3) is 0 Å². The molecule has 0 saturated heterocycles. The van der Waals surface area contributed by atoms with Gasteiger partial charge in [-0.05, 0) is 18.8 Å². The topological polar surface area (TPSA) is 84.2 Å². The number of hydrogen-bond donors (Lipinski definition) is 2. The second-order valence-electron chi connectivity index (χ2n) is 5.05. The summed E-state index contributed by atoms with van der Waals surface area (Å²) in [7, 11) is 0. The molecule has 0 aliphatic heterocycles. The third-order valence-corrected chi connectivity index (χ3v) is 3.40. The standard InChI is InChI=1S/C13H19N3O3/c17-12(8-10-4-2-1-3-5-10)14-11-6-7-16(15-11)9-13(18)19/h6-7,10H,1-5,8-9H2,(H,18,19)(H,14,15,17). The Morgan fingerprint density at radius 2 is 2.11 bits per heavy atom. The van der Waals surface area contributed by atoms with Crippen LogP contribution >= 0.6 is 0 Å². The van der Waals surface area contributed by atoms with E-state index in [4.69, 9.17) is 5.11 Å². The van der Waals surface area contributed by atoms with Crippen molar-refractivity contribution in [2.24, 2.45) is 5.92 Å². The van der Waals surface area contributed by atoms with Gasteiger partial charge >= 0.3 is 5.97 Å². The minimum atomic E-state index is -0.955. The number of amides is 1. The monoisotopic (exact) mass is 265 g/mol. The van der Waals surface area contributed by atoms with Crippen molar-refractivity contribution in [3.8, 4) is 0 Å². The summed E-state index contributed by atoms with van der Waals surface area (Å²) in [6.07, 6.45) is 8.03. The first-order valence-electron chi connectivity index (χ1n) is 6.68. The van der Waals surface area contributed by atoms with Gasteiger partial charge in [-0.1, -0.05) is 19.3 Å². The van der Waals surface area contributed by atoms with E-state index in [1.54, 1.807) is 12.3 Å². The van der Waals surface area contributed by atoms with E-state index in [1.165, 1.54) is 23.9 Å². The third-order valence-electron chi connectivity index (χ3n) is 3.40. The highest BCUT2D eigenvalue weighted by atomic mass is 16.4. The van der Waals surface area contributed by atoms with Crippen molar-refractivity contribution in [3.63, 3.8) is 0 Å². The third kappa shape index (κ3) is 4.39. The summed E-state index contributed by atoms with van der Waals surface area (Å²) < 4.78 is 1.29. The van der Waals surface area contributed by atoms with E-state index in [-0.39, 0.29) is 12.5 Å². The van der Waals surface area contributed by atoms with Crippen molar-refractivity contribution in [2.45, 2.75) is 45.1 Å². The molecule has 0 atom stereocenters. The lowest BCUT2D eigenvalue weighted by molar-refractivity contribution is -0.137. The summed E-state index contributed by atoms with van der Waals surface area (Å²) in [5.74, 6) is -0.0902. The molecule has 6 heteroatoms. The fourth-order valence-corrected chi connectivity index (χ4v) is 2.50. The van der Waals surface area contributed by atoms with Crippen LogP contribution in [0.3, 0.4) is 0 Å². The van der Waals surface area contributed by atoms with Gasteiger partial charge in [-0.15, -0.1) is 0 Å². The summed E-state index contributed by atoms with van der Waals surface area (Å²) in [4.78, 5) is 22.4. The van der Waals surface area contributed by atoms with Crippen LogP contribution in [-0.2, 0) is 16.1 Å². The molecule has 0 spiro atoms. The van der Waals surface area contributed by atoms with E-state index >= 15 is 0 Å². The molecule has 1 heterocycles. The molecule has 1 amide bonds. The summed E-state index contributed by atoms with van der Waals surface area (Å²) in [6, 6.07) is 1.61. The van der Waals surface area contributed by atoms with Crippen LogP contribution in [-0.4, -0.2) is 26.8 Å². The van der Waals surface area contributed by atoms with E-state index in [0.29, 0.717) is 18.2 Å². The molecule has 1 aliphatic rings. The van der Waals surface area contributed by atoms with Gasteiger partial charge in [-0.25, -0.2) is 0 Å². The first kappa shape index (κ1) is 13.6. The number of nitrogens with one attached hydrogen (secondary N) is 1. The number of nitrogens with zero attached hydrogens (tertiary/aromatic N) is 2. The zero-order valence-electron chi connectivity index (χ0n) is 10.8. The smallest absolute Gasteiger partial charge is 0.325 e. The lowest BCUT2D eigenvalue weighted by atomic mass is 9.87. The summed E-state index contributed by atoms with van der Waals surface area (Å²) in [5.41, 5.74) is 0. The van der Waals surface area contributed by atoms with E-state index in [9.17, 15) is 9.59 Å². The fraction of sp³-hybridized carbons (Fsp3) is 0.615. The van der Waals surface area contributed by atoms with Crippen LogP contribution in [0.4, 0.5) is 5.82 Å². The molecule has 0 radical (unpaired) electrons. The van der Waals surface area contributed by atoms with Crippen molar-refractivity contribution in [2.75, 3.05) is 5.32 Å². The zero-order chi connectivity index (χ0) is 13.7. The average molecular weight is 265 g/mol.